The number of nitrogens with zero attached hydrogens (tertiary/aromatic N) is 5. The minimum absolute atomic E-state index is 0.0652. The Bertz CT molecular complexity index is 1490. The lowest BCUT2D eigenvalue weighted by Gasteiger charge is -2.49. The number of nitrogens with two attached hydrogens (primary N) is 1. The van der Waals surface area contributed by atoms with Gasteiger partial charge in [-0.25, -0.2) is 14.8 Å². The first kappa shape index (κ1) is 24.2. The molecule has 1 fully saturated rings. The molecule has 0 radical (unpaired) electrons. The molecule has 2 aliphatic rings. The van der Waals surface area contributed by atoms with E-state index in [1.165, 1.54) is 36.0 Å². The van der Waals surface area contributed by atoms with Crippen LogP contribution >= 0.6 is 11.8 Å². The third kappa shape index (κ3) is 4.44. The highest BCUT2D eigenvalue weighted by Crippen LogP contribution is 2.40. The van der Waals surface area contributed by atoms with Gasteiger partial charge in [0.2, 0.25) is 11.2 Å². The van der Waals surface area contributed by atoms with Gasteiger partial charge in [0.25, 0.3) is 11.8 Å². The maximum Gasteiger partial charge on any atom is 0.352 e. The molecular weight excluding hydrogens is 498 g/mol. The maximum absolute atomic E-state index is 13.1. The van der Waals surface area contributed by atoms with Crippen LogP contribution < -0.4 is 15.6 Å². The van der Waals surface area contributed by atoms with Crippen LogP contribution in [0.15, 0.2) is 71.3 Å². The highest BCUT2D eigenvalue weighted by Gasteiger charge is 2.54. The molecule has 2 aliphatic heterocycles. The Balaban J connectivity index is 1.39. The van der Waals surface area contributed by atoms with Crippen molar-refractivity contribution in [2.24, 2.45) is 5.16 Å². The largest absolute Gasteiger partial charge is 0.477 e. The summed E-state index contributed by atoms with van der Waals surface area (Å²) in [5.41, 5.74) is 6.90. The fourth-order valence-electron chi connectivity index (χ4n) is 4.34. The molecule has 188 valence electrons. The van der Waals surface area contributed by atoms with Gasteiger partial charge in [0.15, 0.2) is 18.6 Å². The van der Waals surface area contributed by atoms with Gasteiger partial charge < -0.3 is 21.0 Å². The summed E-state index contributed by atoms with van der Waals surface area (Å²) in [6, 6.07) is 12.2. The van der Waals surface area contributed by atoms with Crippen molar-refractivity contribution >= 4 is 52.0 Å². The second-order valence-corrected chi connectivity index (χ2v) is 9.35. The number of nitrogen functional groups attached to an aromatic ring is 1. The van der Waals surface area contributed by atoms with Crippen molar-refractivity contribution < 1.29 is 28.9 Å². The van der Waals surface area contributed by atoms with Crippen LogP contribution in [0.25, 0.3) is 10.9 Å². The monoisotopic (exact) mass is 520 g/mol. The summed E-state index contributed by atoms with van der Waals surface area (Å²) in [6.07, 6.45) is 3.24. The number of hydrogen-bond acceptors (Lipinski definition) is 9. The van der Waals surface area contributed by atoms with E-state index in [2.05, 4.69) is 20.4 Å². The van der Waals surface area contributed by atoms with Crippen LogP contribution in [-0.4, -0.2) is 67.7 Å². The van der Waals surface area contributed by atoms with Gasteiger partial charge in [0.1, 0.15) is 30.0 Å². The molecule has 2 aromatic heterocycles. The summed E-state index contributed by atoms with van der Waals surface area (Å²) >= 11 is 1.38. The number of rotatable bonds is 7. The zero-order valence-electron chi connectivity index (χ0n) is 19.6. The van der Waals surface area contributed by atoms with Crippen LogP contribution in [0, 0.1) is 0 Å². The van der Waals surface area contributed by atoms with E-state index in [1.807, 2.05) is 47.2 Å². The van der Waals surface area contributed by atoms with Crippen molar-refractivity contribution in [2.75, 3.05) is 18.6 Å². The molecule has 2 amide bonds. The van der Waals surface area contributed by atoms with Crippen LogP contribution in [0.4, 0.5) is 5.82 Å². The van der Waals surface area contributed by atoms with Crippen LogP contribution in [0.3, 0.4) is 0 Å². The number of hydrogen-bond donors (Lipinski definition) is 3. The van der Waals surface area contributed by atoms with Gasteiger partial charge in [0.05, 0.1) is 0 Å². The first-order valence-electron chi connectivity index (χ1n) is 11.2. The molecule has 13 heteroatoms. The molecule has 2 atom stereocenters. The van der Waals surface area contributed by atoms with Crippen molar-refractivity contribution in [3.05, 3.63) is 72.0 Å². The Morgan fingerprint density at radius 1 is 1.30 bits per heavy atom. The number of oxime groups is 1. The van der Waals surface area contributed by atoms with Crippen LogP contribution in [-0.2, 0) is 25.8 Å². The number of benzene rings is 1. The molecule has 4 heterocycles. The summed E-state index contributed by atoms with van der Waals surface area (Å²) in [7, 11) is 1.26. The molecule has 37 heavy (non-hydrogen) atoms. The zero-order chi connectivity index (χ0) is 26.1. The predicted molar refractivity (Wildman–Crippen MR) is 134 cm³/mol. The van der Waals surface area contributed by atoms with Crippen LogP contribution in [0.2, 0.25) is 0 Å². The van der Waals surface area contributed by atoms with Gasteiger partial charge in [-0.05, 0) is 18.2 Å². The Hall–Kier alpha value is -4.52. The third-order valence-electron chi connectivity index (χ3n) is 5.97. The summed E-state index contributed by atoms with van der Waals surface area (Å²) in [4.78, 5) is 52.3. The number of carbonyl (C=O) groups excluding carboxylic acids is 2. The number of thioether (sulfide) groups is 1. The first-order chi connectivity index (χ1) is 17.9. The molecule has 3 aromatic rings. The van der Waals surface area contributed by atoms with Gasteiger partial charge in [-0.2, -0.15) is 4.57 Å². The molecule has 12 nitrogen and oxygen atoms in total. The highest BCUT2D eigenvalue weighted by molar-refractivity contribution is 8.00. The number of para-hydroxylation sites is 1. The van der Waals surface area contributed by atoms with Crippen molar-refractivity contribution in [1.82, 2.24) is 20.2 Å². The summed E-state index contributed by atoms with van der Waals surface area (Å²) < 4.78 is 1.96. The molecule has 0 aliphatic carbocycles. The van der Waals surface area contributed by atoms with Gasteiger partial charge in [-0.1, -0.05) is 17.3 Å². The quantitative estimate of drug-likeness (QED) is 0.172. The van der Waals surface area contributed by atoms with Crippen molar-refractivity contribution in [2.45, 2.75) is 18.0 Å². The first-order valence-corrected chi connectivity index (χ1v) is 12.2. The van der Waals surface area contributed by atoms with E-state index >= 15 is 0 Å². The molecule has 0 bridgehead atoms. The number of carbonyl (C=O) groups is 3. The highest BCUT2D eigenvalue weighted by atomic mass is 32.2. The average Bonchev–Trinajstić information content (AvgIpc) is 2.90. The number of carboxylic acid groups (broad SMARTS) is 1. The van der Waals surface area contributed by atoms with E-state index in [0.717, 1.165) is 10.9 Å². The summed E-state index contributed by atoms with van der Waals surface area (Å²) in [6.45, 7) is 0.306. The van der Waals surface area contributed by atoms with Crippen molar-refractivity contribution in [1.29, 1.82) is 0 Å². The fourth-order valence-corrected chi connectivity index (χ4v) is 5.68. The van der Waals surface area contributed by atoms with Crippen molar-refractivity contribution in [3.63, 3.8) is 0 Å². The van der Waals surface area contributed by atoms with Crippen LogP contribution in [0.5, 0.6) is 0 Å². The second-order valence-electron chi connectivity index (χ2n) is 8.24. The Morgan fingerprint density at radius 2 is 2.08 bits per heavy atom. The van der Waals surface area contributed by atoms with E-state index in [-0.39, 0.29) is 23.1 Å². The fraction of sp³-hybridized carbons (Fsp3) is 0.208. The van der Waals surface area contributed by atoms with Gasteiger partial charge in [0, 0.05) is 35.0 Å². The Morgan fingerprint density at radius 3 is 2.84 bits per heavy atom. The molecule has 0 spiro atoms. The Labute approximate surface area is 214 Å². The standard InChI is InChI=1S/C24H21N7O5S/c1-36-29-17(20-26-9-8-16(25)27-20)21(32)28-18-22(33)31-19(24(34)35)14(12-37-23(18)31)11-30-10-4-6-13-5-2-3-7-15(13)30/h2-10,18,23H,11-12H2,1H3,(H3-,25,26,27,28,32,34,35)/p+1/t18?,23-/m0/s1. The lowest BCUT2D eigenvalue weighted by Crippen LogP contribution is -2.71. The smallest absolute Gasteiger partial charge is 0.352 e. The normalized spacial score (nSPS) is 19.3. The summed E-state index contributed by atoms with van der Waals surface area (Å²) in [5, 5.41) is 16.8. The molecule has 1 unspecified atom stereocenters. The molecule has 1 aromatic carbocycles. The zero-order valence-corrected chi connectivity index (χ0v) is 20.4. The lowest BCUT2D eigenvalue weighted by atomic mass is 10.0. The number of fused-ring (bicyclic) bond motifs is 2. The number of aliphatic carboxylic acids is 1. The van der Waals surface area contributed by atoms with Gasteiger partial charge in [-0.3, -0.25) is 14.5 Å². The van der Waals surface area contributed by atoms with E-state index < -0.39 is 29.2 Å². The van der Waals surface area contributed by atoms with Crippen molar-refractivity contribution in [3.8, 4) is 0 Å². The van der Waals surface area contributed by atoms with Crippen LogP contribution in [0.1, 0.15) is 5.82 Å². The number of aromatic nitrogens is 3. The minimum Gasteiger partial charge on any atom is -0.477 e. The molecular formula is C24H22N7O5S+. The Kier molecular flexibility index (Phi) is 6.44. The molecule has 5 rings (SSSR count). The van der Waals surface area contributed by atoms with E-state index in [9.17, 15) is 19.5 Å². The lowest BCUT2D eigenvalue weighted by molar-refractivity contribution is -0.663. The SMILES string of the molecule is CON=C(C(=O)NC1C(=O)N2C(C(=O)O)=C(C[n+]3cccc4ccccc43)CS[C@@H]12)c1nccc(N)n1. The number of amides is 2. The number of nitrogens with one attached hydrogen (secondary N) is 1. The number of pyridine rings is 1. The van der Waals surface area contributed by atoms with Gasteiger partial charge in [-0.15, -0.1) is 11.8 Å². The minimum atomic E-state index is -1.20. The maximum atomic E-state index is 13.1. The van der Waals surface area contributed by atoms with Gasteiger partial charge >= 0.3 is 5.97 Å². The van der Waals surface area contributed by atoms with E-state index in [0.29, 0.717) is 17.9 Å². The van der Waals surface area contributed by atoms with E-state index in [1.54, 1.807) is 0 Å². The topological polar surface area (TPSA) is 164 Å². The summed E-state index contributed by atoms with van der Waals surface area (Å²) in [5.74, 6) is -2.05. The molecule has 0 saturated carbocycles. The molecule has 4 N–H and O–H groups in total. The molecule has 1 saturated heterocycles. The number of carboxylic acids is 1. The number of β-lactam (4-membered cyclic amide) rings is 1. The third-order valence-corrected chi connectivity index (χ3v) is 7.31. The number of anilines is 1. The predicted octanol–water partition coefficient (Wildman–Crippen LogP) is 0.289. The van der Waals surface area contributed by atoms with E-state index in [4.69, 9.17) is 10.6 Å². The average molecular weight is 521 g/mol. The second kappa shape index (κ2) is 9.85.